The number of nitrogens with zero attached hydrogens (tertiary/aromatic N) is 3. The van der Waals surface area contributed by atoms with Gasteiger partial charge in [0.15, 0.2) is 0 Å². The molecule has 0 bridgehead atoms. The van der Waals surface area contributed by atoms with Crippen LogP contribution in [0.25, 0.3) is 21.8 Å². The Morgan fingerprint density at radius 1 is 1.07 bits per heavy atom. The number of fused-ring (bicyclic) bond motifs is 2. The van der Waals surface area contributed by atoms with Crippen molar-refractivity contribution in [2.75, 3.05) is 5.32 Å². The van der Waals surface area contributed by atoms with Crippen molar-refractivity contribution in [2.45, 2.75) is 13.0 Å². The molecule has 8 nitrogen and oxygen atoms in total. The Kier molecular flexibility index (Phi) is 4.74. The van der Waals surface area contributed by atoms with Crippen molar-refractivity contribution in [3.05, 3.63) is 74.2 Å². The summed E-state index contributed by atoms with van der Waals surface area (Å²) < 4.78 is 2.19. The highest BCUT2D eigenvalue weighted by atomic mass is 79.9. The average molecular weight is 440 g/mol. The number of halogens is 1. The number of rotatable bonds is 4. The Morgan fingerprint density at radius 3 is 2.71 bits per heavy atom. The normalized spacial score (nSPS) is 11.0. The molecule has 1 amide bonds. The van der Waals surface area contributed by atoms with Crippen LogP contribution in [0.1, 0.15) is 6.42 Å². The van der Waals surface area contributed by atoms with Gasteiger partial charge in [0.1, 0.15) is 0 Å². The van der Waals surface area contributed by atoms with E-state index in [9.17, 15) is 14.4 Å². The minimum atomic E-state index is -0.277. The number of anilines is 1. The van der Waals surface area contributed by atoms with Crippen molar-refractivity contribution >= 4 is 49.3 Å². The van der Waals surface area contributed by atoms with Gasteiger partial charge in [-0.25, -0.2) is 9.97 Å². The van der Waals surface area contributed by atoms with Gasteiger partial charge in [0, 0.05) is 23.1 Å². The van der Waals surface area contributed by atoms with Gasteiger partial charge in [-0.05, 0) is 36.4 Å². The number of benzene rings is 2. The molecule has 0 spiro atoms. The van der Waals surface area contributed by atoms with E-state index in [4.69, 9.17) is 0 Å². The fraction of sp³-hybridized carbons (Fsp3) is 0.105. The van der Waals surface area contributed by atoms with Crippen LogP contribution in [0, 0.1) is 0 Å². The molecule has 2 heterocycles. The topological polar surface area (TPSA) is 110 Å². The van der Waals surface area contributed by atoms with Crippen molar-refractivity contribution in [1.29, 1.82) is 0 Å². The van der Waals surface area contributed by atoms with E-state index in [1.54, 1.807) is 30.3 Å². The van der Waals surface area contributed by atoms with E-state index < -0.39 is 0 Å². The lowest BCUT2D eigenvalue weighted by Gasteiger charge is -2.08. The quantitative estimate of drug-likeness (QED) is 0.507. The van der Waals surface area contributed by atoms with Crippen LogP contribution in [0.5, 0.6) is 0 Å². The highest BCUT2D eigenvalue weighted by Gasteiger charge is 2.09. The van der Waals surface area contributed by atoms with E-state index in [0.717, 1.165) is 4.47 Å². The van der Waals surface area contributed by atoms with Gasteiger partial charge >= 0.3 is 0 Å². The second kappa shape index (κ2) is 7.35. The van der Waals surface area contributed by atoms with E-state index >= 15 is 0 Å². The minimum absolute atomic E-state index is 0.0858. The summed E-state index contributed by atoms with van der Waals surface area (Å²) in [5, 5.41) is 3.61. The monoisotopic (exact) mass is 439 g/mol. The van der Waals surface area contributed by atoms with Crippen molar-refractivity contribution < 1.29 is 4.79 Å². The molecule has 0 radical (unpaired) electrons. The standard InChI is InChI=1S/C19H14BrN5O3/c20-11-1-3-16-14(7-11)19(28)25(10-23-16)6-5-17(26)24-12-2-4-15-13(8-12)18(27)22-9-21-15/h1-4,7-10H,5-6H2,(H,24,26)(H,21,22,27). The molecule has 0 atom stereocenters. The molecule has 0 saturated carbocycles. The zero-order chi connectivity index (χ0) is 19.7. The largest absolute Gasteiger partial charge is 0.326 e. The van der Waals surface area contributed by atoms with Crippen molar-refractivity contribution in [1.82, 2.24) is 19.5 Å². The number of carbonyl (C=O) groups is 1. The van der Waals surface area contributed by atoms with Gasteiger partial charge in [0.2, 0.25) is 5.91 Å². The highest BCUT2D eigenvalue weighted by molar-refractivity contribution is 9.10. The number of hydrogen-bond acceptors (Lipinski definition) is 5. The molecular formula is C19H14BrN5O3. The fourth-order valence-electron chi connectivity index (χ4n) is 2.88. The average Bonchev–Trinajstić information content (AvgIpc) is 2.68. The Bertz CT molecular complexity index is 1330. The van der Waals surface area contributed by atoms with Crippen LogP contribution >= 0.6 is 15.9 Å². The number of aryl methyl sites for hydroxylation is 1. The van der Waals surface area contributed by atoms with E-state index in [-0.39, 0.29) is 30.0 Å². The third kappa shape index (κ3) is 3.56. The molecule has 0 aliphatic rings. The molecule has 2 aromatic carbocycles. The van der Waals surface area contributed by atoms with Crippen LogP contribution in [-0.4, -0.2) is 25.4 Å². The molecule has 4 rings (SSSR count). The Hall–Kier alpha value is -3.33. The number of carbonyl (C=O) groups excluding carboxylic acids is 1. The highest BCUT2D eigenvalue weighted by Crippen LogP contribution is 2.16. The predicted molar refractivity (Wildman–Crippen MR) is 109 cm³/mol. The van der Waals surface area contributed by atoms with Crippen LogP contribution < -0.4 is 16.4 Å². The molecule has 2 N–H and O–H groups in total. The number of aromatic amines is 1. The lowest BCUT2D eigenvalue weighted by atomic mass is 10.2. The number of hydrogen-bond donors (Lipinski definition) is 2. The van der Waals surface area contributed by atoms with Crippen molar-refractivity contribution in [2.24, 2.45) is 0 Å². The number of aromatic nitrogens is 4. The SMILES string of the molecule is O=C(CCn1cnc2ccc(Br)cc2c1=O)Nc1ccc2nc[nH]c(=O)c2c1. The van der Waals surface area contributed by atoms with Crippen LogP contribution in [-0.2, 0) is 11.3 Å². The van der Waals surface area contributed by atoms with E-state index in [0.29, 0.717) is 27.5 Å². The van der Waals surface area contributed by atoms with Crippen LogP contribution in [0.2, 0.25) is 0 Å². The first-order valence-corrected chi connectivity index (χ1v) is 9.22. The molecule has 9 heteroatoms. The lowest BCUT2D eigenvalue weighted by Crippen LogP contribution is -2.23. The summed E-state index contributed by atoms with van der Waals surface area (Å²) in [6.45, 7) is 0.190. The van der Waals surface area contributed by atoms with Crippen LogP contribution in [0.4, 0.5) is 5.69 Å². The number of amides is 1. The second-order valence-electron chi connectivity index (χ2n) is 6.17. The zero-order valence-electron chi connectivity index (χ0n) is 14.5. The molecule has 0 aliphatic carbocycles. The van der Waals surface area contributed by atoms with E-state index in [1.165, 1.54) is 17.2 Å². The summed E-state index contributed by atoms with van der Waals surface area (Å²) in [5.41, 5.74) is 1.15. The van der Waals surface area contributed by atoms with E-state index in [2.05, 4.69) is 36.2 Å². The summed E-state index contributed by atoms with van der Waals surface area (Å²) in [4.78, 5) is 47.5. The summed E-state index contributed by atoms with van der Waals surface area (Å²) in [6.07, 6.45) is 2.85. The molecule has 0 fully saturated rings. The molecule has 0 unspecified atom stereocenters. The fourth-order valence-corrected chi connectivity index (χ4v) is 3.24. The van der Waals surface area contributed by atoms with Gasteiger partial charge in [-0.2, -0.15) is 0 Å². The maximum Gasteiger partial charge on any atom is 0.261 e. The van der Waals surface area contributed by atoms with Gasteiger partial charge in [-0.3, -0.25) is 19.0 Å². The van der Waals surface area contributed by atoms with Crippen LogP contribution in [0.3, 0.4) is 0 Å². The third-order valence-electron chi connectivity index (χ3n) is 4.29. The van der Waals surface area contributed by atoms with E-state index in [1.807, 2.05) is 6.07 Å². The number of nitrogens with one attached hydrogen (secondary N) is 2. The summed E-state index contributed by atoms with van der Waals surface area (Å²) >= 11 is 3.34. The molecule has 4 aromatic rings. The Labute approximate surface area is 166 Å². The molecule has 0 aliphatic heterocycles. The molecule has 2 aromatic heterocycles. The lowest BCUT2D eigenvalue weighted by molar-refractivity contribution is -0.116. The Balaban J connectivity index is 1.50. The van der Waals surface area contributed by atoms with Crippen LogP contribution in [0.15, 0.2) is 63.1 Å². The summed E-state index contributed by atoms with van der Waals surface area (Å²) in [6, 6.07) is 10.2. The molecule has 0 saturated heterocycles. The van der Waals surface area contributed by atoms with Gasteiger partial charge in [0.05, 0.1) is 34.5 Å². The number of H-pyrrole nitrogens is 1. The summed E-state index contributed by atoms with van der Waals surface area (Å²) in [7, 11) is 0. The zero-order valence-corrected chi connectivity index (χ0v) is 16.1. The first-order chi connectivity index (χ1) is 13.5. The van der Waals surface area contributed by atoms with Crippen molar-refractivity contribution in [3.8, 4) is 0 Å². The molecule has 28 heavy (non-hydrogen) atoms. The maximum atomic E-state index is 12.6. The predicted octanol–water partition coefficient (Wildman–Crippen LogP) is 2.42. The van der Waals surface area contributed by atoms with Gasteiger partial charge < -0.3 is 10.3 Å². The van der Waals surface area contributed by atoms with Gasteiger partial charge in [-0.15, -0.1) is 0 Å². The Morgan fingerprint density at radius 2 is 1.86 bits per heavy atom. The van der Waals surface area contributed by atoms with Crippen molar-refractivity contribution in [3.63, 3.8) is 0 Å². The second-order valence-corrected chi connectivity index (χ2v) is 7.08. The molecular weight excluding hydrogens is 426 g/mol. The minimum Gasteiger partial charge on any atom is -0.326 e. The maximum absolute atomic E-state index is 12.6. The first kappa shape index (κ1) is 18.1. The summed E-state index contributed by atoms with van der Waals surface area (Å²) in [5.74, 6) is -0.277. The van der Waals surface area contributed by atoms with Gasteiger partial charge in [-0.1, -0.05) is 15.9 Å². The smallest absolute Gasteiger partial charge is 0.261 e. The first-order valence-electron chi connectivity index (χ1n) is 8.43. The van der Waals surface area contributed by atoms with Gasteiger partial charge in [0.25, 0.3) is 11.1 Å². The molecule has 140 valence electrons. The third-order valence-corrected chi connectivity index (χ3v) is 4.78.